The summed E-state index contributed by atoms with van der Waals surface area (Å²) in [6.07, 6.45) is 6.16. The Labute approximate surface area is 222 Å². The third kappa shape index (κ3) is 4.07. The number of pyridine rings is 1. The van der Waals surface area contributed by atoms with Gasteiger partial charge < -0.3 is 14.4 Å². The minimum absolute atomic E-state index is 0.119. The molecule has 0 aliphatic carbocycles. The van der Waals surface area contributed by atoms with Gasteiger partial charge >= 0.3 is 0 Å². The van der Waals surface area contributed by atoms with Crippen molar-refractivity contribution in [1.29, 1.82) is 0 Å². The Bertz CT molecular complexity index is 1600. The molecule has 1 unspecified atom stereocenters. The predicted molar refractivity (Wildman–Crippen MR) is 140 cm³/mol. The summed E-state index contributed by atoms with van der Waals surface area (Å²) in [6, 6.07) is 6.51. The number of morpholine rings is 1. The molecule has 7 rings (SSSR count). The van der Waals surface area contributed by atoms with Crippen molar-refractivity contribution in [2.75, 3.05) is 37.8 Å². The Kier molecular flexibility index (Phi) is 5.90. The van der Waals surface area contributed by atoms with Gasteiger partial charge in [-0.1, -0.05) is 11.6 Å². The van der Waals surface area contributed by atoms with E-state index in [1.54, 1.807) is 22.8 Å². The Morgan fingerprint density at radius 2 is 2.05 bits per heavy atom. The van der Waals surface area contributed by atoms with Crippen LogP contribution in [0.4, 0.5) is 10.2 Å². The number of nitrogens with zero attached hydrogens (tertiary/aromatic N) is 6. The monoisotopic (exact) mass is 536 g/mol. The number of aryl methyl sites for hydroxylation is 1. The molecule has 11 heteroatoms. The summed E-state index contributed by atoms with van der Waals surface area (Å²) < 4.78 is 30.4. The van der Waals surface area contributed by atoms with E-state index in [4.69, 9.17) is 31.0 Å². The molecule has 3 aliphatic heterocycles. The first-order chi connectivity index (χ1) is 18.5. The first-order valence-electron chi connectivity index (χ1n) is 12.9. The summed E-state index contributed by atoms with van der Waals surface area (Å²) in [7, 11) is 0. The normalized spacial score (nSPS) is 21.4. The van der Waals surface area contributed by atoms with Gasteiger partial charge in [0.25, 0.3) is 5.56 Å². The lowest BCUT2D eigenvalue weighted by Gasteiger charge is -2.33. The van der Waals surface area contributed by atoms with Crippen molar-refractivity contribution in [1.82, 2.24) is 24.3 Å². The summed E-state index contributed by atoms with van der Waals surface area (Å²) >= 11 is 6.03. The molecule has 2 atom stereocenters. The molecule has 0 bridgehead atoms. The third-order valence-corrected chi connectivity index (χ3v) is 7.87. The van der Waals surface area contributed by atoms with Gasteiger partial charge in [-0.2, -0.15) is 5.10 Å². The van der Waals surface area contributed by atoms with Crippen LogP contribution < -0.4 is 10.5 Å². The van der Waals surface area contributed by atoms with Gasteiger partial charge in [0, 0.05) is 55.0 Å². The zero-order valence-electron chi connectivity index (χ0n) is 20.6. The molecule has 3 aromatic heterocycles. The smallest absolute Gasteiger partial charge is 0.261 e. The van der Waals surface area contributed by atoms with Crippen molar-refractivity contribution in [2.45, 2.75) is 38.0 Å². The van der Waals surface area contributed by atoms with Crippen molar-refractivity contribution in [3.8, 4) is 11.3 Å². The lowest BCUT2D eigenvalue weighted by Crippen LogP contribution is -2.39. The molecule has 38 heavy (non-hydrogen) atoms. The third-order valence-electron chi connectivity index (χ3n) is 7.64. The highest BCUT2D eigenvalue weighted by atomic mass is 35.5. The van der Waals surface area contributed by atoms with E-state index in [1.807, 2.05) is 17.1 Å². The Morgan fingerprint density at radius 1 is 1.13 bits per heavy atom. The highest BCUT2D eigenvalue weighted by molar-refractivity contribution is 6.30. The van der Waals surface area contributed by atoms with E-state index < -0.39 is 5.82 Å². The quantitative estimate of drug-likeness (QED) is 0.390. The second kappa shape index (κ2) is 9.44. The van der Waals surface area contributed by atoms with Gasteiger partial charge in [-0.15, -0.1) is 0 Å². The zero-order chi connectivity index (χ0) is 25.8. The Morgan fingerprint density at radius 3 is 2.89 bits per heavy atom. The van der Waals surface area contributed by atoms with Crippen LogP contribution in [0, 0.1) is 5.82 Å². The summed E-state index contributed by atoms with van der Waals surface area (Å²) in [6.45, 7) is 3.63. The van der Waals surface area contributed by atoms with Crippen LogP contribution in [0.2, 0.25) is 5.02 Å². The topological polar surface area (TPSA) is 87.3 Å². The second-order valence-corrected chi connectivity index (χ2v) is 10.5. The number of halogens is 2. The summed E-state index contributed by atoms with van der Waals surface area (Å²) in [5, 5.41) is 5.27. The molecule has 1 aromatic carbocycles. The number of rotatable bonds is 4. The van der Waals surface area contributed by atoms with E-state index in [1.165, 1.54) is 6.07 Å². The minimum atomic E-state index is -0.506. The molecule has 0 spiro atoms. The average Bonchev–Trinajstić information content (AvgIpc) is 3.71. The maximum Gasteiger partial charge on any atom is 0.261 e. The van der Waals surface area contributed by atoms with Gasteiger partial charge in [0.2, 0.25) is 0 Å². The van der Waals surface area contributed by atoms with Gasteiger partial charge in [0.05, 0.1) is 30.8 Å². The van der Waals surface area contributed by atoms with Crippen LogP contribution in [-0.4, -0.2) is 57.2 Å². The van der Waals surface area contributed by atoms with E-state index in [9.17, 15) is 4.79 Å². The standard InChI is InChI=1S/C27H26ClFN6O3/c28-17-3-4-19(21(29)10-17)25-26-20(27(36)34-6-1-2-23(34)31-26)11-24(32-25)33-7-9-38-22(14-33)16-12-30-35(13-16)18-5-8-37-15-18/h3-4,10-13,18,22H,1-2,5-9,14-15H2/t18?,22-/m1/s1. The number of fused-ring (bicyclic) bond motifs is 2. The molecule has 0 saturated carbocycles. The highest BCUT2D eigenvalue weighted by Crippen LogP contribution is 2.34. The molecule has 3 aliphatic rings. The molecule has 2 saturated heterocycles. The SMILES string of the molecule is O=c1c2cc(N3CCO[C@@H](c4cnn(C5CCOC5)c4)C3)nc(-c3ccc(Cl)cc3F)c2nc2n1CCC2. The van der Waals surface area contributed by atoms with E-state index in [0.29, 0.717) is 72.5 Å². The van der Waals surface area contributed by atoms with E-state index in [0.717, 1.165) is 25.0 Å². The molecule has 9 nitrogen and oxygen atoms in total. The van der Waals surface area contributed by atoms with Crippen molar-refractivity contribution in [2.24, 2.45) is 0 Å². The van der Waals surface area contributed by atoms with Gasteiger partial charge in [0.15, 0.2) is 0 Å². The molecule has 0 amide bonds. The van der Waals surface area contributed by atoms with E-state index in [-0.39, 0.29) is 23.3 Å². The van der Waals surface area contributed by atoms with E-state index in [2.05, 4.69) is 10.00 Å². The molecule has 4 aromatic rings. The van der Waals surface area contributed by atoms with Gasteiger partial charge in [-0.25, -0.2) is 14.4 Å². The largest absolute Gasteiger partial charge is 0.379 e. The summed E-state index contributed by atoms with van der Waals surface area (Å²) in [5.41, 5.74) is 1.88. The van der Waals surface area contributed by atoms with Crippen LogP contribution in [0.15, 0.2) is 41.5 Å². The number of hydrogen-bond acceptors (Lipinski definition) is 7. The maximum atomic E-state index is 15.1. The first-order valence-corrected chi connectivity index (χ1v) is 13.3. The Balaban J connectivity index is 1.30. The fourth-order valence-corrected chi connectivity index (χ4v) is 5.77. The van der Waals surface area contributed by atoms with Crippen molar-refractivity contribution < 1.29 is 13.9 Å². The van der Waals surface area contributed by atoms with Crippen LogP contribution in [0.25, 0.3) is 22.2 Å². The van der Waals surface area contributed by atoms with Crippen molar-refractivity contribution >= 4 is 28.3 Å². The fourth-order valence-electron chi connectivity index (χ4n) is 5.61. The lowest BCUT2D eigenvalue weighted by molar-refractivity contribution is 0.0394. The van der Waals surface area contributed by atoms with E-state index >= 15 is 4.39 Å². The molecule has 0 radical (unpaired) electrons. The first kappa shape index (κ1) is 23.8. The molecular weight excluding hydrogens is 511 g/mol. The predicted octanol–water partition coefficient (Wildman–Crippen LogP) is 3.93. The van der Waals surface area contributed by atoms with Crippen molar-refractivity contribution in [3.63, 3.8) is 0 Å². The van der Waals surface area contributed by atoms with Crippen LogP contribution >= 0.6 is 11.6 Å². The van der Waals surface area contributed by atoms with Crippen molar-refractivity contribution in [3.05, 3.63) is 69.2 Å². The number of anilines is 1. The average molecular weight is 537 g/mol. The minimum Gasteiger partial charge on any atom is -0.379 e. The second-order valence-electron chi connectivity index (χ2n) is 10.0. The van der Waals surface area contributed by atoms with Gasteiger partial charge in [-0.3, -0.25) is 14.0 Å². The zero-order valence-corrected chi connectivity index (χ0v) is 21.4. The van der Waals surface area contributed by atoms with Crippen LogP contribution in [0.1, 0.15) is 36.4 Å². The summed E-state index contributed by atoms with van der Waals surface area (Å²) in [5.74, 6) is 0.793. The number of aromatic nitrogens is 5. The molecule has 0 N–H and O–H groups in total. The van der Waals surface area contributed by atoms with Gasteiger partial charge in [-0.05, 0) is 37.1 Å². The lowest BCUT2D eigenvalue weighted by atomic mass is 10.1. The van der Waals surface area contributed by atoms with Crippen LogP contribution in [-0.2, 0) is 22.4 Å². The number of benzene rings is 1. The fraction of sp³-hybridized carbons (Fsp3) is 0.407. The summed E-state index contributed by atoms with van der Waals surface area (Å²) in [4.78, 5) is 25.3. The van der Waals surface area contributed by atoms with Gasteiger partial charge in [0.1, 0.15) is 34.8 Å². The molecule has 196 valence electrons. The highest BCUT2D eigenvalue weighted by Gasteiger charge is 2.28. The maximum absolute atomic E-state index is 15.1. The van der Waals surface area contributed by atoms with Crippen LogP contribution in [0.5, 0.6) is 0 Å². The molecule has 6 heterocycles. The molecular formula is C27H26ClFN6O3. The Hall–Kier alpha value is -3.34. The number of hydrogen-bond donors (Lipinski definition) is 0. The van der Waals surface area contributed by atoms with Crippen LogP contribution in [0.3, 0.4) is 0 Å². The number of ether oxygens (including phenoxy) is 2. The molecule has 2 fully saturated rings.